The first-order chi connectivity index (χ1) is 7.80. The number of rotatable bonds is 6. The lowest BCUT2D eigenvalue weighted by Crippen LogP contribution is -2.24. The van der Waals surface area contributed by atoms with Crippen LogP contribution in [-0.2, 0) is 0 Å². The number of nitrogens with zero attached hydrogens (tertiary/aromatic N) is 2. The first kappa shape index (κ1) is 12.8. The summed E-state index contributed by atoms with van der Waals surface area (Å²) in [5, 5.41) is 20.8. The molecule has 0 bridgehead atoms. The van der Waals surface area contributed by atoms with Gasteiger partial charge in [0.2, 0.25) is 0 Å². The van der Waals surface area contributed by atoms with Crippen LogP contribution in [0.1, 0.15) is 12.0 Å². The van der Waals surface area contributed by atoms with Gasteiger partial charge < -0.3 is 10.4 Å². The topological polar surface area (TPSA) is 68.9 Å². The Labute approximate surface area is 99.7 Å². The molecular weight excluding hydrogens is 222 g/mol. The van der Waals surface area contributed by atoms with Crippen molar-refractivity contribution in [2.24, 2.45) is 0 Å². The fourth-order valence-electron chi connectivity index (χ4n) is 1.31. The van der Waals surface area contributed by atoms with E-state index in [9.17, 15) is 0 Å². The molecule has 4 nitrogen and oxygen atoms in total. The number of hydrogen-bond acceptors (Lipinski definition) is 5. The quantitative estimate of drug-likeness (QED) is 0.784. The Kier molecular flexibility index (Phi) is 5.68. The molecule has 16 heavy (non-hydrogen) atoms. The van der Waals surface area contributed by atoms with Crippen molar-refractivity contribution in [3.8, 4) is 6.07 Å². The van der Waals surface area contributed by atoms with Gasteiger partial charge in [0.1, 0.15) is 11.9 Å². The number of nitriles is 1. The normalized spacial score (nSPS) is 11.8. The number of hydrogen-bond donors (Lipinski definition) is 2. The summed E-state index contributed by atoms with van der Waals surface area (Å²) >= 11 is 1.72. The highest BCUT2D eigenvalue weighted by Gasteiger charge is 2.07. The lowest BCUT2D eigenvalue weighted by atomic mass is 10.2. The fraction of sp³-hybridized carbons (Fsp3) is 0.455. The van der Waals surface area contributed by atoms with Gasteiger partial charge in [0.05, 0.1) is 5.56 Å². The molecule has 1 rings (SSSR count). The van der Waals surface area contributed by atoms with Gasteiger partial charge in [-0.25, -0.2) is 4.98 Å². The minimum Gasteiger partial charge on any atom is -0.396 e. The Morgan fingerprint density at radius 3 is 2.94 bits per heavy atom. The molecule has 0 saturated heterocycles. The zero-order valence-electron chi connectivity index (χ0n) is 9.18. The molecule has 0 aliphatic rings. The largest absolute Gasteiger partial charge is 0.396 e. The van der Waals surface area contributed by atoms with Crippen LogP contribution < -0.4 is 5.32 Å². The summed E-state index contributed by atoms with van der Waals surface area (Å²) in [6.07, 6.45) is 4.26. The Hall–Kier alpha value is -1.25. The van der Waals surface area contributed by atoms with Crippen molar-refractivity contribution in [2.45, 2.75) is 12.5 Å². The van der Waals surface area contributed by atoms with Gasteiger partial charge in [-0.2, -0.15) is 17.0 Å². The molecule has 5 heteroatoms. The van der Waals surface area contributed by atoms with E-state index in [0.29, 0.717) is 12.0 Å². The molecule has 1 aromatic rings. The van der Waals surface area contributed by atoms with Crippen LogP contribution in [0, 0.1) is 11.3 Å². The minimum atomic E-state index is 0.161. The highest BCUT2D eigenvalue weighted by molar-refractivity contribution is 7.98. The molecule has 0 radical (unpaired) electrons. The first-order valence-corrected chi connectivity index (χ1v) is 6.42. The summed E-state index contributed by atoms with van der Waals surface area (Å²) in [5.74, 6) is 1.66. The molecule has 1 heterocycles. The highest BCUT2D eigenvalue weighted by atomic mass is 32.2. The van der Waals surface area contributed by atoms with Gasteiger partial charge in [-0.3, -0.25) is 0 Å². The molecule has 0 spiro atoms. The Bertz CT molecular complexity index is 341. The third-order valence-electron chi connectivity index (χ3n) is 2.09. The maximum atomic E-state index is 8.91. The van der Waals surface area contributed by atoms with Crippen LogP contribution in [0.5, 0.6) is 0 Å². The maximum Gasteiger partial charge on any atom is 0.126 e. The molecule has 0 aliphatic heterocycles. The lowest BCUT2D eigenvalue weighted by Gasteiger charge is -2.16. The average molecular weight is 237 g/mol. The third-order valence-corrected chi connectivity index (χ3v) is 2.83. The van der Waals surface area contributed by atoms with E-state index in [1.807, 2.05) is 12.3 Å². The Balaban J connectivity index is 2.59. The minimum absolute atomic E-state index is 0.161. The first-order valence-electron chi connectivity index (χ1n) is 5.02. The fourth-order valence-corrected chi connectivity index (χ4v) is 1.96. The van der Waals surface area contributed by atoms with Crippen LogP contribution in [-0.4, -0.2) is 34.7 Å². The van der Waals surface area contributed by atoms with Crippen LogP contribution in [0.2, 0.25) is 0 Å². The zero-order valence-corrected chi connectivity index (χ0v) is 10.00. The molecule has 86 valence electrons. The van der Waals surface area contributed by atoms with Crippen molar-refractivity contribution in [1.82, 2.24) is 4.98 Å². The lowest BCUT2D eigenvalue weighted by molar-refractivity contribution is 0.282. The number of thioether (sulfide) groups is 1. The van der Waals surface area contributed by atoms with Gasteiger partial charge in [-0.15, -0.1) is 0 Å². The number of nitrogens with one attached hydrogen (secondary N) is 1. The molecule has 2 N–H and O–H groups in total. The molecule has 0 aromatic carbocycles. The highest BCUT2D eigenvalue weighted by Crippen LogP contribution is 2.10. The SMILES string of the molecule is CSCC(CCO)Nc1ccc(C#N)cn1. The van der Waals surface area contributed by atoms with Crippen LogP contribution in [0.3, 0.4) is 0 Å². The van der Waals surface area contributed by atoms with E-state index in [1.54, 1.807) is 23.9 Å². The van der Waals surface area contributed by atoms with Crippen molar-refractivity contribution in [3.63, 3.8) is 0 Å². The van der Waals surface area contributed by atoms with E-state index in [4.69, 9.17) is 10.4 Å². The summed E-state index contributed by atoms with van der Waals surface area (Å²) in [6, 6.07) is 5.74. The van der Waals surface area contributed by atoms with E-state index in [0.717, 1.165) is 11.6 Å². The summed E-state index contributed by atoms with van der Waals surface area (Å²) in [6.45, 7) is 0.161. The summed E-state index contributed by atoms with van der Waals surface area (Å²) in [5.41, 5.74) is 0.550. The zero-order chi connectivity index (χ0) is 11.8. The maximum absolute atomic E-state index is 8.91. The predicted octanol–water partition coefficient (Wildman–Crippen LogP) is 1.48. The summed E-state index contributed by atoms with van der Waals surface area (Å²) in [7, 11) is 0. The Morgan fingerprint density at radius 1 is 1.62 bits per heavy atom. The monoisotopic (exact) mass is 237 g/mol. The van der Waals surface area contributed by atoms with Gasteiger partial charge >= 0.3 is 0 Å². The molecule has 0 fully saturated rings. The third kappa shape index (κ3) is 4.09. The van der Waals surface area contributed by atoms with E-state index < -0.39 is 0 Å². The number of aliphatic hydroxyl groups is 1. The average Bonchev–Trinajstić information content (AvgIpc) is 2.31. The smallest absolute Gasteiger partial charge is 0.126 e. The van der Waals surface area contributed by atoms with Gasteiger partial charge in [-0.05, 0) is 24.8 Å². The van der Waals surface area contributed by atoms with Crippen molar-refractivity contribution < 1.29 is 5.11 Å². The molecule has 0 amide bonds. The van der Waals surface area contributed by atoms with Crippen LogP contribution >= 0.6 is 11.8 Å². The van der Waals surface area contributed by atoms with E-state index in [2.05, 4.69) is 10.3 Å². The molecule has 1 atom stereocenters. The van der Waals surface area contributed by atoms with Crippen molar-refractivity contribution in [1.29, 1.82) is 5.26 Å². The van der Waals surface area contributed by atoms with Crippen LogP contribution in [0.25, 0.3) is 0 Å². The van der Waals surface area contributed by atoms with Crippen molar-refractivity contribution in [3.05, 3.63) is 23.9 Å². The van der Waals surface area contributed by atoms with E-state index >= 15 is 0 Å². The molecular formula is C11H15N3OS. The van der Waals surface area contributed by atoms with Crippen LogP contribution in [0.15, 0.2) is 18.3 Å². The van der Waals surface area contributed by atoms with Gasteiger partial charge in [-0.1, -0.05) is 0 Å². The number of aliphatic hydroxyl groups excluding tert-OH is 1. The second-order valence-electron chi connectivity index (χ2n) is 3.35. The van der Waals surface area contributed by atoms with Crippen molar-refractivity contribution in [2.75, 3.05) is 23.9 Å². The summed E-state index contributed by atoms with van der Waals surface area (Å²) in [4.78, 5) is 4.13. The predicted molar refractivity (Wildman–Crippen MR) is 66.4 cm³/mol. The molecule has 0 aliphatic carbocycles. The Morgan fingerprint density at radius 2 is 2.44 bits per heavy atom. The van der Waals surface area contributed by atoms with Gasteiger partial charge in [0, 0.05) is 24.6 Å². The van der Waals surface area contributed by atoms with Gasteiger partial charge in [0.15, 0.2) is 0 Å². The number of aromatic nitrogens is 1. The van der Waals surface area contributed by atoms with E-state index in [1.165, 1.54) is 6.20 Å². The molecule has 1 aromatic heterocycles. The standard InChI is InChI=1S/C11H15N3OS/c1-16-8-10(4-5-15)14-11-3-2-9(6-12)7-13-11/h2-3,7,10,15H,4-5,8H2,1H3,(H,13,14). The summed E-state index contributed by atoms with van der Waals surface area (Å²) < 4.78 is 0. The number of anilines is 1. The second-order valence-corrected chi connectivity index (χ2v) is 4.26. The molecule has 0 saturated carbocycles. The molecule has 1 unspecified atom stereocenters. The van der Waals surface area contributed by atoms with Crippen molar-refractivity contribution >= 4 is 17.6 Å². The number of pyridine rings is 1. The van der Waals surface area contributed by atoms with Gasteiger partial charge in [0.25, 0.3) is 0 Å². The van der Waals surface area contributed by atoms with E-state index in [-0.39, 0.29) is 12.6 Å². The second kappa shape index (κ2) is 7.09. The van der Waals surface area contributed by atoms with Crippen LogP contribution in [0.4, 0.5) is 5.82 Å².